The predicted octanol–water partition coefficient (Wildman–Crippen LogP) is 2.55. The van der Waals surface area contributed by atoms with Gasteiger partial charge in [-0.15, -0.1) is 5.10 Å². The van der Waals surface area contributed by atoms with Crippen molar-refractivity contribution < 1.29 is 39.0 Å². The molecule has 0 bridgehead atoms. The molecule has 3 aromatic rings. The molecular weight excluding hydrogens is 696 g/mol. The van der Waals surface area contributed by atoms with Crippen molar-refractivity contribution in [1.29, 1.82) is 0 Å². The lowest BCUT2D eigenvalue weighted by molar-refractivity contribution is -0.142. The van der Waals surface area contributed by atoms with Gasteiger partial charge >= 0.3 is 6.09 Å². The minimum absolute atomic E-state index is 0.00302. The van der Waals surface area contributed by atoms with E-state index in [4.69, 9.17) is 10.8 Å². The van der Waals surface area contributed by atoms with Gasteiger partial charge < -0.3 is 36.8 Å². The summed E-state index contributed by atoms with van der Waals surface area (Å²) in [6, 6.07) is 8.98. The number of nitrogens with zero attached hydrogens (tertiary/aromatic N) is 4. The number of likely N-dealkylation sites (tertiary alicyclic amines) is 1. The molecule has 0 spiro atoms. The number of benzene rings is 2. The number of amides is 5. The number of ketones is 1. The maximum Gasteiger partial charge on any atom is 0.404 e. The molecule has 1 aromatic heterocycles. The number of carbonyl (C=O) groups is 6. The van der Waals surface area contributed by atoms with Gasteiger partial charge in [-0.1, -0.05) is 67.6 Å². The Bertz CT molecular complexity index is 1850. The van der Waals surface area contributed by atoms with Gasteiger partial charge in [-0.3, -0.25) is 24.0 Å². The standard InChI is InChI=1S/C38H50N8O8/c1-38(2,54)31-22-46(44-43-31)27-20-30(35(50)41-28(32(47)33(39)48)14-8-9-17-40-37(52)53)45(21-27)36(51)29(18-23-10-4-3-5-11-23)42-34(49)26-16-15-24-12-6-7-13-25(24)19-26/h6-7,12-13,15-16,19,22-23,27-30,40,54H,3-5,8-11,14,17-18,20-21H2,1-2H3,(H2,39,48)(H,41,50)(H,42,49)(H,52,53)/t27-,28?,29-,30+/m1/s1. The molecule has 1 aliphatic carbocycles. The molecule has 1 saturated carbocycles. The average Bonchev–Trinajstić information content (AvgIpc) is 3.82. The molecular formula is C38H50N8O8. The van der Waals surface area contributed by atoms with Gasteiger partial charge in [0.2, 0.25) is 17.6 Å². The summed E-state index contributed by atoms with van der Waals surface area (Å²) in [5.74, 6) is -3.69. The van der Waals surface area contributed by atoms with E-state index < -0.39 is 65.3 Å². The summed E-state index contributed by atoms with van der Waals surface area (Å²) in [4.78, 5) is 79.7. The normalized spacial score (nSPS) is 18.8. The van der Waals surface area contributed by atoms with E-state index in [9.17, 15) is 33.9 Å². The fraction of sp³-hybridized carbons (Fsp3) is 0.526. The van der Waals surface area contributed by atoms with Crippen LogP contribution in [0.2, 0.25) is 0 Å². The third-order valence-electron chi connectivity index (χ3n) is 10.4. The van der Waals surface area contributed by atoms with Crippen LogP contribution in [0.4, 0.5) is 4.79 Å². The molecule has 2 aliphatic rings. The highest BCUT2D eigenvalue weighted by atomic mass is 16.4. The van der Waals surface area contributed by atoms with Crippen molar-refractivity contribution in [2.75, 3.05) is 13.1 Å². The van der Waals surface area contributed by atoms with Crippen molar-refractivity contribution in [2.24, 2.45) is 11.7 Å². The van der Waals surface area contributed by atoms with E-state index in [2.05, 4.69) is 26.3 Å². The van der Waals surface area contributed by atoms with E-state index in [0.717, 1.165) is 42.9 Å². The summed E-state index contributed by atoms with van der Waals surface area (Å²) in [6.07, 6.45) is 6.32. The number of nitrogens with two attached hydrogens (primary N) is 1. The number of hydrogen-bond acceptors (Lipinski definition) is 9. The zero-order valence-electron chi connectivity index (χ0n) is 30.7. The summed E-state index contributed by atoms with van der Waals surface area (Å²) in [5, 5.41) is 37.4. The van der Waals surface area contributed by atoms with Gasteiger partial charge in [-0.2, -0.15) is 0 Å². The number of aromatic nitrogens is 3. The monoisotopic (exact) mass is 746 g/mol. The van der Waals surface area contributed by atoms with Gasteiger partial charge in [0.05, 0.1) is 18.3 Å². The van der Waals surface area contributed by atoms with Crippen LogP contribution in [0.15, 0.2) is 48.7 Å². The fourth-order valence-corrected chi connectivity index (χ4v) is 7.36. The summed E-state index contributed by atoms with van der Waals surface area (Å²) in [7, 11) is 0. The SMILES string of the molecule is CC(C)(O)c1cn([C@@H]2C[C@@H](C(=O)NC(CCCCNC(=O)O)C(=O)C(N)=O)N(C(=O)[C@@H](CC3CCCCC3)NC(=O)c3ccc4ccccc4c3)C2)nn1. The molecule has 7 N–H and O–H groups in total. The zero-order chi connectivity index (χ0) is 39.0. The summed E-state index contributed by atoms with van der Waals surface area (Å²) in [6.45, 7) is 3.23. The third kappa shape index (κ3) is 10.2. The molecule has 16 nitrogen and oxygen atoms in total. The molecule has 1 unspecified atom stereocenters. The Morgan fingerprint density at radius 1 is 0.963 bits per heavy atom. The van der Waals surface area contributed by atoms with Crippen molar-refractivity contribution in [3.05, 3.63) is 59.9 Å². The molecule has 5 amide bonds. The second-order valence-electron chi connectivity index (χ2n) is 14.9. The Balaban J connectivity index is 1.42. The van der Waals surface area contributed by atoms with Gasteiger partial charge in [-0.05, 0) is 68.4 Å². The Morgan fingerprint density at radius 2 is 1.69 bits per heavy atom. The predicted molar refractivity (Wildman–Crippen MR) is 197 cm³/mol. The maximum absolute atomic E-state index is 14.7. The molecule has 4 atom stereocenters. The molecule has 16 heteroatoms. The molecule has 2 aromatic carbocycles. The smallest absolute Gasteiger partial charge is 0.404 e. The van der Waals surface area contributed by atoms with E-state index >= 15 is 0 Å². The topological polar surface area (TPSA) is 239 Å². The van der Waals surface area contributed by atoms with Crippen molar-refractivity contribution in [2.45, 2.75) is 108 Å². The van der Waals surface area contributed by atoms with Crippen LogP contribution in [0, 0.1) is 5.92 Å². The van der Waals surface area contributed by atoms with Crippen LogP contribution in [-0.4, -0.2) is 96.8 Å². The Morgan fingerprint density at radius 3 is 2.35 bits per heavy atom. The van der Waals surface area contributed by atoms with E-state index in [-0.39, 0.29) is 44.0 Å². The first kappa shape index (κ1) is 39.8. The third-order valence-corrected chi connectivity index (χ3v) is 10.4. The number of hydrogen-bond donors (Lipinski definition) is 6. The van der Waals surface area contributed by atoms with Crippen LogP contribution in [0.5, 0.6) is 0 Å². The molecule has 290 valence electrons. The van der Waals surface area contributed by atoms with Crippen LogP contribution in [-0.2, 0) is 24.8 Å². The first-order valence-corrected chi connectivity index (χ1v) is 18.6. The number of fused-ring (bicyclic) bond motifs is 1. The van der Waals surface area contributed by atoms with Crippen molar-refractivity contribution in [1.82, 2.24) is 35.8 Å². The molecule has 5 rings (SSSR count). The Kier molecular flexibility index (Phi) is 13.0. The van der Waals surface area contributed by atoms with Crippen molar-refractivity contribution >= 4 is 46.3 Å². The first-order chi connectivity index (χ1) is 25.7. The number of Topliss-reactive ketones (excluding diaryl/α,β-unsaturated/α-hetero) is 1. The van der Waals surface area contributed by atoms with Crippen molar-refractivity contribution in [3.63, 3.8) is 0 Å². The average molecular weight is 747 g/mol. The molecule has 0 radical (unpaired) electrons. The van der Waals surface area contributed by atoms with Gasteiger partial charge in [-0.25, -0.2) is 9.48 Å². The lowest BCUT2D eigenvalue weighted by atomic mass is 9.84. The number of primary amides is 1. The zero-order valence-corrected chi connectivity index (χ0v) is 30.7. The molecule has 2 heterocycles. The molecule has 1 saturated heterocycles. The lowest BCUT2D eigenvalue weighted by Crippen LogP contribution is -2.56. The lowest BCUT2D eigenvalue weighted by Gasteiger charge is -2.32. The van der Waals surface area contributed by atoms with Crippen LogP contribution >= 0.6 is 0 Å². The van der Waals surface area contributed by atoms with Crippen molar-refractivity contribution in [3.8, 4) is 0 Å². The Labute approximate surface area is 313 Å². The number of rotatable bonds is 16. The van der Waals surface area contributed by atoms with E-state index in [1.807, 2.05) is 30.3 Å². The summed E-state index contributed by atoms with van der Waals surface area (Å²) < 4.78 is 1.49. The molecule has 54 heavy (non-hydrogen) atoms. The second kappa shape index (κ2) is 17.6. The van der Waals surface area contributed by atoms with Crippen LogP contribution in [0.1, 0.15) is 100 Å². The Hall–Kier alpha value is -5.38. The summed E-state index contributed by atoms with van der Waals surface area (Å²) in [5.41, 5.74) is 4.70. The summed E-state index contributed by atoms with van der Waals surface area (Å²) >= 11 is 0. The van der Waals surface area contributed by atoms with E-state index in [1.165, 1.54) is 9.58 Å². The quantitative estimate of drug-likeness (QED) is 0.0925. The van der Waals surface area contributed by atoms with Gasteiger partial charge in [0.25, 0.3) is 11.8 Å². The number of nitrogens with one attached hydrogen (secondary N) is 3. The van der Waals surface area contributed by atoms with Crippen LogP contribution in [0.3, 0.4) is 0 Å². The second-order valence-corrected chi connectivity index (χ2v) is 14.9. The minimum atomic E-state index is -1.31. The first-order valence-electron chi connectivity index (χ1n) is 18.6. The number of aliphatic hydroxyl groups is 1. The van der Waals surface area contributed by atoms with Crippen LogP contribution < -0.4 is 21.7 Å². The van der Waals surface area contributed by atoms with E-state index in [0.29, 0.717) is 18.4 Å². The highest BCUT2D eigenvalue weighted by molar-refractivity contribution is 6.37. The van der Waals surface area contributed by atoms with Gasteiger partial charge in [0.15, 0.2) is 0 Å². The largest absolute Gasteiger partial charge is 0.465 e. The highest BCUT2D eigenvalue weighted by Crippen LogP contribution is 2.32. The van der Waals surface area contributed by atoms with Gasteiger partial charge in [0.1, 0.15) is 23.4 Å². The van der Waals surface area contributed by atoms with Crippen LogP contribution in [0.25, 0.3) is 10.8 Å². The minimum Gasteiger partial charge on any atom is -0.465 e. The number of carboxylic acid groups (broad SMARTS) is 1. The fourth-order valence-electron chi connectivity index (χ4n) is 7.36. The van der Waals surface area contributed by atoms with Gasteiger partial charge in [0, 0.05) is 25.1 Å². The van der Waals surface area contributed by atoms with E-state index in [1.54, 1.807) is 32.2 Å². The maximum atomic E-state index is 14.7. The molecule has 1 aliphatic heterocycles. The number of unbranched alkanes of at least 4 members (excludes halogenated alkanes) is 1. The highest BCUT2D eigenvalue weighted by Gasteiger charge is 2.45. The molecule has 2 fully saturated rings. The number of carbonyl (C=O) groups excluding carboxylic acids is 5.